The maximum atomic E-state index is 12.2. The first-order chi connectivity index (χ1) is 15.9. The molecule has 7 heteroatoms. The van der Waals surface area contributed by atoms with Crippen LogP contribution in [0.4, 0.5) is 17.1 Å². The average Bonchev–Trinajstić information content (AvgIpc) is 2.83. The lowest BCUT2D eigenvalue weighted by Gasteiger charge is -2.11. The Labute approximate surface area is 193 Å². The molecular formula is C26H28N4O3. The smallest absolute Gasteiger partial charge is 0.253 e. The van der Waals surface area contributed by atoms with Gasteiger partial charge < -0.3 is 20.9 Å². The molecule has 0 radical (unpaired) electrons. The second-order valence-electron chi connectivity index (χ2n) is 7.79. The van der Waals surface area contributed by atoms with Gasteiger partial charge in [-0.3, -0.25) is 14.4 Å². The van der Waals surface area contributed by atoms with E-state index in [9.17, 15) is 14.4 Å². The molecule has 0 aliphatic carbocycles. The minimum absolute atomic E-state index is 0.0573. The van der Waals surface area contributed by atoms with Gasteiger partial charge in [0.2, 0.25) is 11.8 Å². The maximum absolute atomic E-state index is 12.2. The first-order valence-corrected chi connectivity index (χ1v) is 10.7. The van der Waals surface area contributed by atoms with Crippen LogP contribution in [0.15, 0.2) is 78.9 Å². The number of amides is 3. The van der Waals surface area contributed by atoms with Crippen molar-refractivity contribution < 1.29 is 14.4 Å². The van der Waals surface area contributed by atoms with Gasteiger partial charge in [-0.15, -0.1) is 0 Å². The third kappa shape index (κ3) is 7.50. The predicted octanol–water partition coefficient (Wildman–Crippen LogP) is 4.01. The van der Waals surface area contributed by atoms with Crippen LogP contribution in [0.5, 0.6) is 0 Å². The summed E-state index contributed by atoms with van der Waals surface area (Å²) in [6, 6.07) is 23.8. The zero-order valence-corrected chi connectivity index (χ0v) is 18.8. The van der Waals surface area contributed by atoms with E-state index >= 15 is 0 Å². The first-order valence-electron chi connectivity index (χ1n) is 10.7. The second-order valence-corrected chi connectivity index (χ2v) is 7.79. The lowest BCUT2D eigenvalue weighted by Crippen LogP contribution is -2.22. The quantitative estimate of drug-likeness (QED) is 0.465. The Balaban J connectivity index is 1.42. The van der Waals surface area contributed by atoms with E-state index < -0.39 is 0 Å². The van der Waals surface area contributed by atoms with E-state index in [1.54, 1.807) is 62.6 Å². The predicted molar refractivity (Wildman–Crippen MR) is 131 cm³/mol. The monoisotopic (exact) mass is 444 g/mol. The van der Waals surface area contributed by atoms with Gasteiger partial charge in [0.15, 0.2) is 0 Å². The van der Waals surface area contributed by atoms with E-state index in [4.69, 9.17) is 0 Å². The van der Waals surface area contributed by atoms with Crippen molar-refractivity contribution in [1.82, 2.24) is 4.90 Å². The van der Waals surface area contributed by atoms with Gasteiger partial charge in [-0.1, -0.05) is 30.3 Å². The number of aryl methyl sites for hydroxylation is 1. The van der Waals surface area contributed by atoms with Crippen LogP contribution in [-0.2, 0) is 16.0 Å². The van der Waals surface area contributed by atoms with Gasteiger partial charge in [0.25, 0.3) is 5.91 Å². The summed E-state index contributed by atoms with van der Waals surface area (Å²) < 4.78 is 0. The summed E-state index contributed by atoms with van der Waals surface area (Å²) in [6.07, 6.45) is 1.08. The Morgan fingerprint density at radius 3 is 1.82 bits per heavy atom. The number of nitrogens with one attached hydrogen (secondary N) is 3. The van der Waals surface area contributed by atoms with Gasteiger partial charge in [0.05, 0.1) is 6.54 Å². The molecular weight excluding hydrogens is 416 g/mol. The molecule has 3 N–H and O–H groups in total. The zero-order chi connectivity index (χ0) is 23.6. The number of hydrogen-bond donors (Lipinski definition) is 3. The standard InChI is InChI=1S/C26H28N4O3/c1-30(2)26(33)20-9-11-21(12-10-20)27-18-25(32)29-23-15-13-22(14-16-23)28-24(31)17-8-19-6-4-3-5-7-19/h3-7,9-16,27H,8,17-18H2,1-2H3,(H,28,31)(H,29,32). The largest absolute Gasteiger partial charge is 0.376 e. The molecule has 0 aromatic heterocycles. The molecule has 33 heavy (non-hydrogen) atoms. The van der Waals surface area contributed by atoms with E-state index in [1.807, 2.05) is 30.3 Å². The van der Waals surface area contributed by atoms with Crippen molar-refractivity contribution >= 4 is 34.8 Å². The molecule has 7 nitrogen and oxygen atoms in total. The van der Waals surface area contributed by atoms with Crippen LogP contribution in [-0.4, -0.2) is 43.3 Å². The highest BCUT2D eigenvalue weighted by Gasteiger charge is 2.08. The summed E-state index contributed by atoms with van der Waals surface area (Å²) in [5.74, 6) is -0.337. The topological polar surface area (TPSA) is 90.5 Å². The van der Waals surface area contributed by atoms with Crippen molar-refractivity contribution in [3.8, 4) is 0 Å². The van der Waals surface area contributed by atoms with Gasteiger partial charge in [-0.05, 0) is 60.5 Å². The molecule has 3 aromatic rings. The third-order valence-electron chi connectivity index (χ3n) is 4.93. The van der Waals surface area contributed by atoms with E-state index in [2.05, 4.69) is 16.0 Å². The highest BCUT2D eigenvalue weighted by molar-refractivity contribution is 5.96. The number of hydrogen-bond acceptors (Lipinski definition) is 4. The summed E-state index contributed by atoms with van der Waals surface area (Å²) in [4.78, 5) is 37.8. The Kier molecular flexibility index (Phi) is 8.18. The van der Waals surface area contributed by atoms with Crippen molar-refractivity contribution in [2.75, 3.05) is 36.6 Å². The van der Waals surface area contributed by atoms with E-state index in [1.165, 1.54) is 4.90 Å². The molecule has 0 atom stereocenters. The molecule has 0 aliphatic heterocycles. The number of carbonyl (C=O) groups excluding carboxylic acids is 3. The van der Waals surface area contributed by atoms with Crippen molar-refractivity contribution in [2.24, 2.45) is 0 Å². The van der Waals surface area contributed by atoms with Gasteiger partial charge in [-0.25, -0.2) is 0 Å². The molecule has 0 aliphatic rings. The van der Waals surface area contributed by atoms with Gasteiger partial charge in [-0.2, -0.15) is 0 Å². The van der Waals surface area contributed by atoms with Crippen LogP contribution in [0.2, 0.25) is 0 Å². The summed E-state index contributed by atoms with van der Waals surface area (Å²) in [5, 5.41) is 8.71. The molecule has 0 fully saturated rings. The SMILES string of the molecule is CN(C)C(=O)c1ccc(NCC(=O)Nc2ccc(NC(=O)CCc3ccccc3)cc2)cc1. The lowest BCUT2D eigenvalue weighted by atomic mass is 10.1. The summed E-state index contributed by atoms with van der Waals surface area (Å²) in [5.41, 5.74) is 3.76. The normalized spacial score (nSPS) is 10.2. The fraction of sp³-hybridized carbons (Fsp3) is 0.192. The summed E-state index contributed by atoms with van der Waals surface area (Å²) in [7, 11) is 3.40. The van der Waals surface area contributed by atoms with Crippen LogP contribution in [0.1, 0.15) is 22.3 Å². The first kappa shape index (κ1) is 23.5. The molecule has 0 bridgehead atoms. The lowest BCUT2D eigenvalue weighted by molar-refractivity contribution is -0.116. The summed E-state index contributed by atoms with van der Waals surface area (Å²) >= 11 is 0. The molecule has 170 valence electrons. The minimum Gasteiger partial charge on any atom is -0.376 e. The molecule has 0 spiro atoms. The molecule has 0 heterocycles. The maximum Gasteiger partial charge on any atom is 0.253 e. The van der Waals surface area contributed by atoms with Crippen LogP contribution in [0.3, 0.4) is 0 Å². The van der Waals surface area contributed by atoms with Crippen LogP contribution in [0, 0.1) is 0 Å². The Bertz CT molecular complexity index is 1080. The molecule has 3 aromatic carbocycles. The molecule has 0 saturated carbocycles. The molecule has 0 saturated heterocycles. The highest BCUT2D eigenvalue weighted by atomic mass is 16.2. The summed E-state index contributed by atoms with van der Waals surface area (Å²) in [6.45, 7) is 0.0823. The van der Waals surface area contributed by atoms with E-state index in [0.29, 0.717) is 29.8 Å². The fourth-order valence-corrected chi connectivity index (χ4v) is 3.14. The molecule has 3 amide bonds. The Hall–Kier alpha value is -4.13. The van der Waals surface area contributed by atoms with E-state index in [0.717, 1.165) is 11.3 Å². The average molecular weight is 445 g/mol. The van der Waals surface area contributed by atoms with Gasteiger partial charge >= 0.3 is 0 Å². The minimum atomic E-state index is -0.205. The third-order valence-corrected chi connectivity index (χ3v) is 4.93. The van der Waals surface area contributed by atoms with Crippen LogP contribution >= 0.6 is 0 Å². The number of rotatable bonds is 9. The van der Waals surface area contributed by atoms with Crippen molar-refractivity contribution in [3.63, 3.8) is 0 Å². The highest BCUT2D eigenvalue weighted by Crippen LogP contribution is 2.15. The Morgan fingerprint density at radius 1 is 0.697 bits per heavy atom. The van der Waals surface area contributed by atoms with Crippen molar-refractivity contribution in [3.05, 3.63) is 90.0 Å². The second kappa shape index (κ2) is 11.5. The van der Waals surface area contributed by atoms with Gasteiger partial charge in [0.1, 0.15) is 0 Å². The number of carbonyl (C=O) groups is 3. The zero-order valence-electron chi connectivity index (χ0n) is 18.8. The van der Waals surface area contributed by atoms with Crippen molar-refractivity contribution in [1.29, 1.82) is 0 Å². The number of benzene rings is 3. The number of anilines is 3. The van der Waals surface area contributed by atoms with Gasteiger partial charge in [0, 0.05) is 43.1 Å². The Morgan fingerprint density at radius 2 is 1.24 bits per heavy atom. The molecule has 0 unspecified atom stereocenters. The molecule has 3 rings (SSSR count). The van der Waals surface area contributed by atoms with Crippen LogP contribution in [0.25, 0.3) is 0 Å². The number of nitrogens with zero attached hydrogens (tertiary/aromatic N) is 1. The van der Waals surface area contributed by atoms with Crippen molar-refractivity contribution in [2.45, 2.75) is 12.8 Å². The van der Waals surface area contributed by atoms with E-state index in [-0.39, 0.29) is 24.3 Å². The van der Waals surface area contributed by atoms with Crippen LogP contribution < -0.4 is 16.0 Å². The fourth-order valence-electron chi connectivity index (χ4n) is 3.14.